The number of ether oxygens (including phenoxy) is 6. The number of nitrogens with one attached hydrogen (secondary N) is 8. The average Bonchev–Trinajstić information content (AvgIpc) is 0.790. The molecule has 122 heavy (non-hydrogen) atoms. The Morgan fingerprint density at radius 1 is 0.549 bits per heavy atom. The van der Waals surface area contributed by atoms with Crippen molar-refractivity contribution in [2.24, 2.45) is 11.5 Å². The summed E-state index contributed by atoms with van der Waals surface area (Å²) in [6.45, 7) is 4.52. The minimum absolute atomic E-state index is 0.187. The van der Waals surface area contributed by atoms with E-state index in [1.165, 1.54) is 0 Å². The van der Waals surface area contributed by atoms with Gasteiger partial charge in [-0.05, 0) is 71.6 Å². The Bertz CT molecular complexity index is 3620. The van der Waals surface area contributed by atoms with Gasteiger partial charge >= 0.3 is 11.9 Å². The number of aliphatic carboxylic acids is 2. The Morgan fingerprint density at radius 3 is 1.53 bits per heavy atom. The number of phenolic OH excluding ortho intramolecular Hbond substituents is 1. The summed E-state index contributed by atoms with van der Waals surface area (Å²) in [6.07, 6.45) is -33.7. The van der Waals surface area contributed by atoms with Crippen LogP contribution in [0, 0.1) is 0 Å². The number of rotatable bonds is 52. The first kappa shape index (κ1) is 105. The molecule has 3 heterocycles. The number of likely N-dealkylation sites (N-methyl/N-ethyl adjacent to an activating group) is 1. The number of unbranched alkanes of at least 4 members (excludes halogenated alkanes) is 10. The zero-order chi connectivity index (χ0) is 91.9. The highest BCUT2D eigenvalue weighted by Crippen LogP contribution is 2.31. The smallest absolute Gasteiger partial charge is 0.335 e. The van der Waals surface area contributed by atoms with Gasteiger partial charge in [0.15, 0.2) is 31.1 Å². The third-order valence-corrected chi connectivity index (χ3v) is 20.4. The van der Waals surface area contributed by atoms with Crippen molar-refractivity contribution in [2.75, 3.05) is 26.8 Å². The van der Waals surface area contributed by atoms with Gasteiger partial charge in [0.05, 0.1) is 50.3 Å². The van der Waals surface area contributed by atoms with E-state index in [0.717, 1.165) is 123 Å². The number of carbonyl (C=O) groups excluding carboxylic acids is 11. The van der Waals surface area contributed by atoms with E-state index in [4.69, 9.17) is 39.9 Å². The van der Waals surface area contributed by atoms with Crippen molar-refractivity contribution in [1.29, 1.82) is 0 Å². The topological polar surface area (TPSA) is 773 Å². The van der Waals surface area contributed by atoms with E-state index in [0.29, 0.717) is 17.7 Å². The molecule has 28 atom stereocenters. The van der Waals surface area contributed by atoms with Crippen LogP contribution in [0.25, 0.3) is 0 Å². The van der Waals surface area contributed by atoms with Gasteiger partial charge in [0.25, 0.3) is 11.8 Å². The predicted octanol–water partition coefficient (Wildman–Crippen LogP) is -9.94. The highest BCUT2D eigenvalue weighted by atomic mass is 16.7. The fourth-order valence-electron chi connectivity index (χ4n) is 13.2. The van der Waals surface area contributed by atoms with E-state index < -0.39 is 299 Å². The molecule has 47 nitrogen and oxygen atoms in total. The first-order valence-electron chi connectivity index (χ1n) is 39.8. The number of hydrogen-bond donors (Lipinski definition) is 27. The van der Waals surface area contributed by atoms with Crippen LogP contribution in [0.1, 0.15) is 156 Å². The van der Waals surface area contributed by atoms with E-state index in [1.54, 1.807) is 0 Å². The zero-order valence-electron chi connectivity index (χ0n) is 68.4. The number of carbonyl (C=O) groups is 13. The van der Waals surface area contributed by atoms with Gasteiger partial charge in [0.1, 0.15) is 121 Å². The van der Waals surface area contributed by atoms with Crippen LogP contribution in [0.5, 0.6) is 5.75 Å². The first-order chi connectivity index (χ1) is 57.3. The molecule has 0 bridgehead atoms. The normalized spacial score (nSPS) is 25.8. The third kappa shape index (κ3) is 31.7. The molecule has 3 saturated heterocycles. The predicted molar refractivity (Wildman–Crippen MR) is 413 cm³/mol. The van der Waals surface area contributed by atoms with E-state index in [2.05, 4.69) is 49.5 Å². The quantitative estimate of drug-likeness (QED) is 0.0213. The number of aliphatic hydroxyl groups is 14. The molecule has 0 aliphatic carbocycles. The van der Waals surface area contributed by atoms with Gasteiger partial charge in [-0.3, -0.25) is 52.7 Å². The molecule has 3 aliphatic heterocycles. The van der Waals surface area contributed by atoms with E-state index in [-0.39, 0.29) is 24.2 Å². The molecule has 3 fully saturated rings. The van der Waals surface area contributed by atoms with Crippen LogP contribution in [0.3, 0.4) is 0 Å². The van der Waals surface area contributed by atoms with Crippen LogP contribution >= 0.6 is 0 Å². The van der Waals surface area contributed by atoms with Crippen molar-refractivity contribution in [1.82, 2.24) is 47.4 Å². The molecule has 0 saturated carbocycles. The Balaban J connectivity index is 1.57. The van der Waals surface area contributed by atoms with Crippen LogP contribution in [0.4, 0.5) is 0 Å². The number of allylic oxidation sites excluding steroid dienone is 1. The van der Waals surface area contributed by atoms with E-state index in [9.17, 15) is 149 Å². The first-order valence-corrected chi connectivity index (χ1v) is 39.8. The molecule has 0 spiro atoms. The largest absolute Gasteiger partial charge is 0.508 e. The second kappa shape index (κ2) is 51.4. The molecular weight excluding hydrogens is 1630 g/mol. The van der Waals surface area contributed by atoms with Crippen molar-refractivity contribution in [2.45, 2.75) is 315 Å². The van der Waals surface area contributed by atoms with Crippen LogP contribution < -0.4 is 54.0 Å². The van der Waals surface area contributed by atoms with Crippen molar-refractivity contribution < 1.29 is 178 Å². The lowest BCUT2D eigenvalue weighted by Gasteiger charge is -2.44. The summed E-state index contributed by atoms with van der Waals surface area (Å²) in [5, 5.41) is 198. The van der Waals surface area contributed by atoms with Crippen molar-refractivity contribution in [3.63, 3.8) is 0 Å². The van der Waals surface area contributed by atoms with E-state index in [1.807, 2.05) is 0 Å². The number of phenols is 1. The zero-order valence-corrected chi connectivity index (χ0v) is 68.4. The summed E-state index contributed by atoms with van der Waals surface area (Å²) in [6, 6.07) is -10.3. The van der Waals surface area contributed by atoms with Crippen molar-refractivity contribution in [3.05, 3.63) is 41.6 Å². The Labute approximate surface area is 700 Å². The van der Waals surface area contributed by atoms with Gasteiger partial charge in [-0.15, -0.1) is 0 Å². The maximum absolute atomic E-state index is 14.5. The van der Waals surface area contributed by atoms with Gasteiger partial charge in [0.2, 0.25) is 53.2 Å². The van der Waals surface area contributed by atoms with Crippen LogP contribution in [-0.4, -0.2) is 360 Å². The monoisotopic (exact) mass is 1750 g/mol. The van der Waals surface area contributed by atoms with Crippen LogP contribution in [0.2, 0.25) is 0 Å². The Hall–Kier alpha value is -8.93. The fourth-order valence-corrected chi connectivity index (χ4v) is 13.2. The van der Waals surface area contributed by atoms with Crippen LogP contribution in [-0.2, 0) is 90.8 Å². The average molecular weight is 1750 g/mol. The summed E-state index contributed by atoms with van der Waals surface area (Å²) >= 11 is 0. The minimum atomic E-state index is -2.33. The number of carboxylic acids is 2. The second-order valence-electron chi connectivity index (χ2n) is 30.1. The molecule has 692 valence electrons. The molecule has 29 N–H and O–H groups in total. The molecule has 12 unspecified atom stereocenters. The number of benzene rings is 1. The second-order valence-corrected chi connectivity index (χ2v) is 30.1. The number of aliphatic hydroxyl groups excluding tert-OH is 14. The molecule has 0 aromatic heterocycles. The van der Waals surface area contributed by atoms with Gasteiger partial charge in [-0.1, -0.05) is 95.8 Å². The minimum Gasteiger partial charge on any atom is -0.508 e. The summed E-state index contributed by atoms with van der Waals surface area (Å²) in [4.78, 5) is 176. The maximum Gasteiger partial charge on any atom is 0.335 e. The molecular formula is C75H121N11O36. The number of nitrogens with two attached hydrogens (primary N) is 2. The SMILES string of the molecule is C/C=C(\NC(=O)C(NC(=O)C(NC(=O)C(NC(=O)C(NC(=O)C(O)C(CCCCCCCCCCCCC)O[C@@H]1OC[C@@H](O)[C@@H](O[C@H]2O[C@@H](C(=O)O)[C@@H](O)[C@@H](O)[C@@H]2O)[C@@H]1O)C(C)O)C(C)O)C(C)O)C(O)c1ccc(O)cc1)C(=O)N[C@@H](CCC(N)=O)C(=O)NCC(=O)N(C)C(C(=O)N[C@H](CCC(N)=O)C(=O)O)C(C)O[C@H]1O[C@@H](CO)[C@H](O)[C@@H](O)[C@H]1O. The lowest BCUT2D eigenvalue weighted by atomic mass is 9.98. The molecule has 4 rings (SSSR count). The highest BCUT2D eigenvalue weighted by molar-refractivity contribution is 6.02. The molecule has 0 radical (unpaired) electrons. The molecule has 1 aromatic rings. The van der Waals surface area contributed by atoms with Gasteiger partial charge in [-0.2, -0.15) is 0 Å². The lowest BCUT2D eigenvalue weighted by Crippen LogP contribution is -2.64. The number of amides is 11. The Kier molecular flexibility index (Phi) is 44.4. The number of aromatic hydroxyl groups is 1. The number of carboxylic acid groups (broad SMARTS) is 2. The third-order valence-electron chi connectivity index (χ3n) is 20.4. The molecule has 3 aliphatic rings. The van der Waals surface area contributed by atoms with Gasteiger partial charge < -0.3 is 174 Å². The van der Waals surface area contributed by atoms with Crippen LogP contribution in [0.15, 0.2) is 36.0 Å². The van der Waals surface area contributed by atoms with E-state index >= 15 is 0 Å². The highest BCUT2D eigenvalue weighted by Gasteiger charge is 2.53. The number of nitrogens with zero attached hydrogens (tertiary/aromatic N) is 1. The fraction of sp³-hybridized carbons (Fsp3) is 0.720. The lowest BCUT2D eigenvalue weighted by molar-refractivity contribution is -0.349. The standard InChI is InChI=1S/C75H121N11O36/c1-8-10-11-12-13-14-15-16-17-18-19-20-42(119-73-60(104)61(41(92)31-117-73)121-75-59(103)56(100)57(101)62(122-75)72(115)116)54(98)70(112)84-49(34(5)90)66(108)82-47(32(3)88)65(107)83-48(33(4)89)67(109)85-50(52(96)36-21-23-37(91)24-22-36)68(110)79-38(9-2)64(106)80-39(25-27-44(76)93)63(105)78-29-46(95)86(7)51(69(111)81-40(71(113)114)26-28-45(77)94)35(6)118-74-58(102)55(99)53(97)43(30-87)120-74/h9,21-24,32-35,39-43,47-62,73-75,87-92,96-104H,8,10-20,25-31H2,1-7H3,(H2,76,93)(H2,77,94)(H,78,105)(H,79,110)(H,80,106)(H,81,111)(H,82,108)(H,83,107)(H,84,112)(H,85,109)(H,113,114)(H,115,116)/b38-9-/t32?,33?,34?,35?,39-,40+,41+,42?,43-,47?,48?,49?,50?,51?,52?,53-,54?,55+,56+,57-,58+,59-,60-,61+,62+,73-,74-,75-/m0/s1. The summed E-state index contributed by atoms with van der Waals surface area (Å²) < 4.78 is 33.3. The molecule has 1 aromatic carbocycles. The number of hydrogen-bond acceptors (Lipinski definition) is 34. The Morgan fingerprint density at radius 2 is 1.04 bits per heavy atom. The number of primary amides is 2. The van der Waals surface area contributed by atoms with Crippen molar-refractivity contribution in [3.8, 4) is 5.75 Å². The summed E-state index contributed by atoms with van der Waals surface area (Å²) in [7, 11) is 0.959. The maximum atomic E-state index is 14.5. The molecule has 11 amide bonds. The summed E-state index contributed by atoms with van der Waals surface area (Å²) in [5.74, 6) is -18.3. The molecule has 47 heteroatoms. The summed E-state index contributed by atoms with van der Waals surface area (Å²) in [5.41, 5.74) is 9.57. The van der Waals surface area contributed by atoms with Gasteiger partial charge in [-0.25, -0.2) is 9.59 Å². The van der Waals surface area contributed by atoms with Gasteiger partial charge in [0, 0.05) is 19.9 Å². The van der Waals surface area contributed by atoms with Crippen molar-refractivity contribution >= 4 is 76.9 Å².